The molecule has 0 fully saturated rings. The molecule has 0 aliphatic carbocycles. The van der Waals surface area contributed by atoms with Crippen LogP contribution in [0.1, 0.15) is 5.56 Å². The van der Waals surface area contributed by atoms with E-state index in [0.717, 1.165) is 28.1 Å². The van der Waals surface area contributed by atoms with Crippen LogP contribution in [0, 0.1) is 11.3 Å². The first-order chi connectivity index (χ1) is 12.3. The number of nitrogens with zero attached hydrogens (tertiary/aromatic N) is 2. The molecule has 2 heterocycles. The van der Waals surface area contributed by atoms with Crippen LogP contribution in [-0.4, -0.2) is 25.3 Å². The standard InChI is InChI=1S/C19H15N3O3.ClH/c1-23-14-3-4-15-16(9-14)21-11-12(10-20)19(15)22-13-2-5-17-18(8-13)25-7-6-24-17;/h2-5,8-9,11H,6-7H2,1H3,(H,21,22);1H. The van der Waals surface area contributed by atoms with E-state index in [2.05, 4.69) is 16.4 Å². The van der Waals surface area contributed by atoms with Gasteiger partial charge >= 0.3 is 0 Å². The maximum Gasteiger partial charge on any atom is 0.163 e. The number of anilines is 2. The Morgan fingerprint density at radius 2 is 1.92 bits per heavy atom. The second-order valence-electron chi connectivity index (χ2n) is 5.53. The SMILES string of the molecule is COc1ccc2c(Nc3ccc4c(c3)OCCO4)c(C#N)cnc2c1.Cl. The fourth-order valence-electron chi connectivity index (χ4n) is 2.79. The molecule has 6 nitrogen and oxygen atoms in total. The molecule has 1 aromatic heterocycles. The Hall–Kier alpha value is -3.17. The predicted molar refractivity (Wildman–Crippen MR) is 101 cm³/mol. The lowest BCUT2D eigenvalue weighted by Gasteiger charge is -2.19. The van der Waals surface area contributed by atoms with Gasteiger partial charge in [0.15, 0.2) is 11.5 Å². The number of ether oxygens (including phenoxy) is 3. The molecule has 0 saturated carbocycles. The number of pyridine rings is 1. The van der Waals surface area contributed by atoms with Crippen molar-refractivity contribution >= 4 is 34.7 Å². The summed E-state index contributed by atoms with van der Waals surface area (Å²) in [6, 6.07) is 13.4. The third-order valence-electron chi connectivity index (χ3n) is 4.01. The van der Waals surface area contributed by atoms with Gasteiger partial charge in [0.25, 0.3) is 0 Å². The Bertz CT molecular complexity index is 1000. The van der Waals surface area contributed by atoms with Gasteiger partial charge in [-0.3, -0.25) is 4.98 Å². The van der Waals surface area contributed by atoms with Crippen LogP contribution in [0.5, 0.6) is 17.2 Å². The molecule has 0 bridgehead atoms. The van der Waals surface area contributed by atoms with Crippen LogP contribution in [-0.2, 0) is 0 Å². The van der Waals surface area contributed by atoms with Gasteiger partial charge in [0, 0.05) is 29.4 Å². The minimum absolute atomic E-state index is 0. The van der Waals surface area contributed by atoms with Crippen LogP contribution in [0.4, 0.5) is 11.4 Å². The highest BCUT2D eigenvalue weighted by molar-refractivity contribution is 5.96. The van der Waals surface area contributed by atoms with Crippen molar-refractivity contribution in [3.63, 3.8) is 0 Å². The summed E-state index contributed by atoms with van der Waals surface area (Å²) in [5, 5.41) is 13.6. The molecule has 1 aliphatic rings. The average Bonchev–Trinajstić information content (AvgIpc) is 2.67. The maximum atomic E-state index is 9.45. The van der Waals surface area contributed by atoms with Gasteiger partial charge in [-0.15, -0.1) is 12.4 Å². The Kier molecular flexibility index (Phi) is 5.01. The molecule has 132 valence electrons. The summed E-state index contributed by atoms with van der Waals surface area (Å²) >= 11 is 0. The molecule has 0 unspecified atom stereocenters. The van der Waals surface area contributed by atoms with Crippen molar-refractivity contribution in [3.8, 4) is 23.3 Å². The first-order valence-corrected chi connectivity index (χ1v) is 7.82. The van der Waals surface area contributed by atoms with Crippen molar-refractivity contribution in [2.75, 3.05) is 25.6 Å². The van der Waals surface area contributed by atoms with E-state index in [4.69, 9.17) is 14.2 Å². The first kappa shape index (κ1) is 17.6. The summed E-state index contributed by atoms with van der Waals surface area (Å²) in [5.41, 5.74) is 2.72. The number of benzene rings is 2. The monoisotopic (exact) mass is 369 g/mol. The van der Waals surface area contributed by atoms with Crippen molar-refractivity contribution in [1.29, 1.82) is 5.26 Å². The first-order valence-electron chi connectivity index (χ1n) is 7.82. The third-order valence-corrected chi connectivity index (χ3v) is 4.01. The Labute approximate surface area is 156 Å². The number of halogens is 1. The van der Waals surface area contributed by atoms with E-state index in [1.807, 2.05) is 36.4 Å². The number of aromatic nitrogens is 1. The molecule has 0 spiro atoms. The second-order valence-corrected chi connectivity index (χ2v) is 5.53. The number of hydrogen-bond acceptors (Lipinski definition) is 6. The zero-order valence-corrected chi connectivity index (χ0v) is 14.8. The Morgan fingerprint density at radius 1 is 1.12 bits per heavy atom. The van der Waals surface area contributed by atoms with Crippen molar-refractivity contribution < 1.29 is 14.2 Å². The Balaban J connectivity index is 0.00000196. The summed E-state index contributed by atoms with van der Waals surface area (Å²) in [6.07, 6.45) is 1.56. The summed E-state index contributed by atoms with van der Waals surface area (Å²) in [6.45, 7) is 1.08. The van der Waals surface area contributed by atoms with Gasteiger partial charge in [-0.1, -0.05) is 0 Å². The molecular weight excluding hydrogens is 354 g/mol. The quantitative estimate of drug-likeness (QED) is 0.750. The van der Waals surface area contributed by atoms with E-state index in [1.54, 1.807) is 13.3 Å². The molecule has 0 amide bonds. The molecule has 2 aromatic carbocycles. The van der Waals surface area contributed by atoms with E-state index in [0.29, 0.717) is 30.2 Å². The normalized spacial score (nSPS) is 12.0. The highest BCUT2D eigenvalue weighted by atomic mass is 35.5. The van der Waals surface area contributed by atoms with Gasteiger partial charge in [0.2, 0.25) is 0 Å². The minimum Gasteiger partial charge on any atom is -0.497 e. The molecule has 0 saturated heterocycles. The molecule has 0 atom stereocenters. The smallest absolute Gasteiger partial charge is 0.163 e. The summed E-state index contributed by atoms with van der Waals surface area (Å²) in [4.78, 5) is 4.35. The van der Waals surface area contributed by atoms with Crippen molar-refractivity contribution in [1.82, 2.24) is 4.98 Å². The van der Waals surface area contributed by atoms with Crippen LogP contribution in [0.25, 0.3) is 10.9 Å². The molecule has 7 heteroatoms. The van der Waals surface area contributed by atoms with E-state index < -0.39 is 0 Å². The zero-order chi connectivity index (χ0) is 17.2. The van der Waals surface area contributed by atoms with Gasteiger partial charge < -0.3 is 19.5 Å². The molecule has 1 aliphatic heterocycles. The predicted octanol–water partition coefficient (Wildman–Crippen LogP) is 4.05. The number of nitriles is 1. The van der Waals surface area contributed by atoms with Gasteiger partial charge in [-0.2, -0.15) is 5.26 Å². The number of nitrogens with one attached hydrogen (secondary N) is 1. The molecular formula is C19H16ClN3O3. The molecule has 26 heavy (non-hydrogen) atoms. The highest BCUT2D eigenvalue weighted by Gasteiger charge is 2.14. The lowest BCUT2D eigenvalue weighted by Crippen LogP contribution is -2.15. The number of methoxy groups -OCH3 is 1. The molecule has 3 aromatic rings. The van der Waals surface area contributed by atoms with Gasteiger partial charge in [0.1, 0.15) is 25.0 Å². The highest BCUT2D eigenvalue weighted by Crippen LogP contribution is 2.36. The van der Waals surface area contributed by atoms with Crippen LogP contribution in [0.15, 0.2) is 42.6 Å². The lowest BCUT2D eigenvalue weighted by atomic mass is 10.1. The van der Waals surface area contributed by atoms with Crippen LogP contribution < -0.4 is 19.5 Å². The van der Waals surface area contributed by atoms with Gasteiger partial charge in [0.05, 0.1) is 23.9 Å². The largest absolute Gasteiger partial charge is 0.497 e. The number of hydrogen-bond donors (Lipinski definition) is 1. The molecule has 1 N–H and O–H groups in total. The lowest BCUT2D eigenvalue weighted by molar-refractivity contribution is 0.171. The molecule has 4 rings (SSSR count). The average molecular weight is 370 g/mol. The Morgan fingerprint density at radius 3 is 2.69 bits per heavy atom. The van der Waals surface area contributed by atoms with Crippen molar-refractivity contribution in [2.24, 2.45) is 0 Å². The number of rotatable bonds is 3. The van der Waals surface area contributed by atoms with E-state index in [-0.39, 0.29) is 12.4 Å². The van der Waals surface area contributed by atoms with E-state index in [1.165, 1.54) is 0 Å². The summed E-state index contributed by atoms with van der Waals surface area (Å²) in [5.74, 6) is 2.13. The fourth-order valence-corrected chi connectivity index (χ4v) is 2.79. The van der Waals surface area contributed by atoms with Gasteiger partial charge in [-0.25, -0.2) is 0 Å². The van der Waals surface area contributed by atoms with Crippen molar-refractivity contribution in [3.05, 3.63) is 48.2 Å². The fraction of sp³-hybridized carbons (Fsp3) is 0.158. The van der Waals surface area contributed by atoms with Crippen molar-refractivity contribution in [2.45, 2.75) is 0 Å². The zero-order valence-electron chi connectivity index (χ0n) is 14.0. The second kappa shape index (κ2) is 7.38. The number of fused-ring (bicyclic) bond motifs is 2. The van der Waals surface area contributed by atoms with E-state index in [9.17, 15) is 5.26 Å². The topological polar surface area (TPSA) is 76.4 Å². The summed E-state index contributed by atoms with van der Waals surface area (Å²) in [7, 11) is 1.61. The maximum absolute atomic E-state index is 9.45. The van der Waals surface area contributed by atoms with Crippen LogP contribution in [0.2, 0.25) is 0 Å². The van der Waals surface area contributed by atoms with Crippen LogP contribution in [0.3, 0.4) is 0 Å². The van der Waals surface area contributed by atoms with Crippen LogP contribution >= 0.6 is 12.4 Å². The minimum atomic E-state index is 0. The third kappa shape index (κ3) is 3.17. The molecule has 0 radical (unpaired) electrons. The van der Waals surface area contributed by atoms with Gasteiger partial charge in [-0.05, 0) is 24.3 Å². The van der Waals surface area contributed by atoms with E-state index >= 15 is 0 Å². The summed E-state index contributed by atoms with van der Waals surface area (Å²) < 4.78 is 16.4.